The number of carbonyl (C=O) groups is 2. The first-order valence-corrected chi connectivity index (χ1v) is 9.66. The van der Waals surface area contributed by atoms with Gasteiger partial charge in [0.1, 0.15) is 12.3 Å². The van der Waals surface area contributed by atoms with Crippen LogP contribution in [0.15, 0.2) is 36.4 Å². The third kappa shape index (κ3) is 3.87. The van der Waals surface area contributed by atoms with Crippen LogP contribution in [0.1, 0.15) is 27.0 Å². The predicted octanol–water partition coefficient (Wildman–Crippen LogP) is 0.766. The van der Waals surface area contributed by atoms with E-state index in [0.29, 0.717) is 18.4 Å². The summed E-state index contributed by atoms with van der Waals surface area (Å²) < 4.78 is 26.5. The van der Waals surface area contributed by atoms with Crippen molar-refractivity contribution in [3.63, 3.8) is 0 Å². The van der Waals surface area contributed by atoms with Crippen molar-refractivity contribution >= 4 is 27.7 Å². The lowest BCUT2D eigenvalue weighted by Gasteiger charge is -2.16. The van der Waals surface area contributed by atoms with Crippen LogP contribution in [-0.2, 0) is 27.8 Å². The van der Waals surface area contributed by atoms with Crippen molar-refractivity contribution in [1.82, 2.24) is 4.72 Å². The van der Waals surface area contributed by atoms with Crippen molar-refractivity contribution in [2.24, 2.45) is 5.73 Å². The highest BCUT2D eigenvalue weighted by Gasteiger charge is 2.35. The fourth-order valence-electron chi connectivity index (χ4n) is 3.01. The van der Waals surface area contributed by atoms with Crippen LogP contribution in [0, 0.1) is 6.92 Å². The van der Waals surface area contributed by atoms with E-state index in [9.17, 15) is 23.1 Å². The van der Waals surface area contributed by atoms with Crippen LogP contribution in [0.4, 0.5) is 5.69 Å². The molecule has 27 heavy (non-hydrogen) atoms. The van der Waals surface area contributed by atoms with E-state index in [2.05, 4.69) is 0 Å². The number of phenols is 1. The maximum absolute atomic E-state index is 11.9. The number of aromatic hydroxyl groups is 1. The lowest BCUT2D eigenvalue weighted by atomic mass is 9.98. The largest absolute Gasteiger partial charge is 0.506 e. The van der Waals surface area contributed by atoms with E-state index in [4.69, 9.17) is 5.73 Å². The Morgan fingerprint density at radius 1 is 1.22 bits per heavy atom. The number of hydrogen-bond donors (Lipinski definition) is 3. The zero-order valence-electron chi connectivity index (χ0n) is 14.6. The van der Waals surface area contributed by atoms with Gasteiger partial charge in [-0.1, -0.05) is 12.1 Å². The Balaban J connectivity index is 1.75. The maximum atomic E-state index is 11.9. The highest BCUT2D eigenvalue weighted by atomic mass is 32.2. The zero-order chi connectivity index (χ0) is 19.8. The van der Waals surface area contributed by atoms with Crippen LogP contribution in [0.5, 0.6) is 5.75 Å². The summed E-state index contributed by atoms with van der Waals surface area (Å²) in [6.45, 7) is 1.53. The number of hydrogen-bond acceptors (Lipinski definition) is 5. The molecule has 8 nitrogen and oxygen atoms in total. The SMILES string of the molecule is Cc1cc(C(N)=O)ccc1CCc1ccc(N2CC(=O)NS2(=O)=O)c(O)c1. The highest BCUT2D eigenvalue weighted by Crippen LogP contribution is 2.31. The molecule has 1 heterocycles. The van der Waals surface area contributed by atoms with Gasteiger partial charge in [0.15, 0.2) is 0 Å². The number of anilines is 1. The first-order chi connectivity index (χ1) is 12.7. The molecule has 1 aliphatic rings. The van der Waals surface area contributed by atoms with E-state index in [-0.39, 0.29) is 18.0 Å². The molecule has 2 amide bonds. The molecule has 1 aliphatic heterocycles. The Kier molecular flexibility index (Phi) is 4.79. The molecular weight excluding hydrogens is 370 g/mol. The number of amides is 2. The van der Waals surface area contributed by atoms with Crippen molar-refractivity contribution in [3.8, 4) is 5.75 Å². The van der Waals surface area contributed by atoms with Gasteiger partial charge in [0.2, 0.25) is 5.91 Å². The summed E-state index contributed by atoms with van der Waals surface area (Å²) in [5, 5.41) is 10.2. The fourth-order valence-corrected chi connectivity index (χ4v) is 4.17. The van der Waals surface area contributed by atoms with Gasteiger partial charge >= 0.3 is 10.2 Å². The molecule has 1 fully saturated rings. The Morgan fingerprint density at radius 2 is 1.96 bits per heavy atom. The summed E-state index contributed by atoms with van der Waals surface area (Å²) in [6, 6.07) is 9.93. The fraction of sp³-hybridized carbons (Fsp3) is 0.222. The number of phenolic OH excluding ortho intramolecular Hbond substituents is 1. The Hall–Kier alpha value is -3.07. The van der Waals surface area contributed by atoms with Crippen LogP contribution in [0.25, 0.3) is 0 Å². The van der Waals surface area contributed by atoms with Gasteiger partial charge in [-0.15, -0.1) is 0 Å². The number of rotatable bonds is 5. The minimum atomic E-state index is -3.96. The molecule has 0 aliphatic carbocycles. The van der Waals surface area contributed by atoms with E-state index in [1.807, 2.05) is 17.7 Å². The first kappa shape index (κ1) is 18.7. The highest BCUT2D eigenvalue weighted by molar-refractivity contribution is 7.92. The monoisotopic (exact) mass is 389 g/mol. The summed E-state index contributed by atoms with van der Waals surface area (Å²) in [5.74, 6) is -1.34. The molecule has 4 N–H and O–H groups in total. The van der Waals surface area contributed by atoms with Crippen LogP contribution in [0.2, 0.25) is 0 Å². The number of carbonyl (C=O) groups excluding carboxylic acids is 2. The second-order valence-corrected chi connectivity index (χ2v) is 7.96. The molecule has 0 spiro atoms. The van der Waals surface area contributed by atoms with Gasteiger partial charge in [-0.3, -0.25) is 9.59 Å². The molecular formula is C18H19N3O5S. The predicted molar refractivity (Wildman–Crippen MR) is 99.6 cm³/mol. The molecule has 1 saturated heterocycles. The average Bonchev–Trinajstić information content (AvgIpc) is 2.85. The van der Waals surface area contributed by atoms with Crippen molar-refractivity contribution in [2.45, 2.75) is 19.8 Å². The molecule has 0 radical (unpaired) electrons. The number of primary amides is 1. The summed E-state index contributed by atoms with van der Waals surface area (Å²) >= 11 is 0. The van der Waals surface area contributed by atoms with E-state index >= 15 is 0 Å². The molecule has 3 rings (SSSR count). The van der Waals surface area contributed by atoms with Crippen molar-refractivity contribution in [1.29, 1.82) is 0 Å². The third-order valence-electron chi connectivity index (χ3n) is 4.44. The van der Waals surface area contributed by atoms with Crippen molar-refractivity contribution in [3.05, 3.63) is 58.7 Å². The number of benzene rings is 2. The van der Waals surface area contributed by atoms with Gasteiger partial charge in [-0.2, -0.15) is 8.42 Å². The number of nitrogens with one attached hydrogen (secondary N) is 1. The van der Waals surface area contributed by atoms with E-state index in [1.165, 1.54) is 12.1 Å². The molecule has 0 saturated carbocycles. The lowest BCUT2D eigenvalue weighted by molar-refractivity contribution is -0.117. The second-order valence-electron chi connectivity index (χ2n) is 6.37. The summed E-state index contributed by atoms with van der Waals surface area (Å²) in [4.78, 5) is 22.5. The standard InChI is InChI=1S/C18H19N3O5S/c1-11-8-14(18(19)24)6-5-13(11)4-2-12-3-7-15(16(22)9-12)21-10-17(23)20-27(21,25)26/h3,5-9,22H,2,4,10H2,1H3,(H2,19,24)(H,20,23). The van der Waals surface area contributed by atoms with Crippen LogP contribution >= 0.6 is 0 Å². The minimum absolute atomic E-state index is 0.0547. The topological polar surface area (TPSA) is 130 Å². The van der Waals surface area contributed by atoms with E-state index in [1.54, 1.807) is 18.2 Å². The average molecular weight is 389 g/mol. The molecule has 0 atom stereocenters. The van der Waals surface area contributed by atoms with E-state index < -0.39 is 22.0 Å². The number of nitrogens with zero attached hydrogens (tertiary/aromatic N) is 1. The third-order valence-corrected chi connectivity index (χ3v) is 5.83. The molecule has 2 aromatic rings. The van der Waals surface area contributed by atoms with Gasteiger partial charge in [0.05, 0.1) is 5.69 Å². The van der Waals surface area contributed by atoms with Gasteiger partial charge in [-0.05, 0) is 60.7 Å². The summed E-state index contributed by atoms with van der Waals surface area (Å²) in [6.07, 6.45) is 1.28. The molecule has 0 bridgehead atoms. The molecule has 2 aromatic carbocycles. The van der Waals surface area contributed by atoms with E-state index in [0.717, 1.165) is 21.0 Å². The van der Waals surface area contributed by atoms with Gasteiger partial charge in [-0.25, -0.2) is 9.03 Å². The van der Waals surface area contributed by atoms with Crippen LogP contribution in [-0.4, -0.2) is 31.9 Å². The second kappa shape index (κ2) is 6.92. The Labute approximate surface area is 156 Å². The number of aryl methyl sites for hydroxylation is 3. The maximum Gasteiger partial charge on any atom is 0.326 e. The Morgan fingerprint density at radius 3 is 2.52 bits per heavy atom. The van der Waals surface area contributed by atoms with Gasteiger partial charge < -0.3 is 10.8 Å². The summed E-state index contributed by atoms with van der Waals surface area (Å²) in [7, 11) is -3.96. The lowest BCUT2D eigenvalue weighted by Crippen LogP contribution is -2.29. The van der Waals surface area contributed by atoms with Crippen LogP contribution in [0.3, 0.4) is 0 Å². The molecule has 142 valence electrons. The molecule has 0 aromatic heterocycles. The molecule has 0 unspecified atom stereocenters. The summed E-state index contributed by atoms with van der Waals surface area (Å²) in [5.41, 5.74) is 8.57. The smallest absolute Gasteiger partial charge is 0.326 e. The zero-order valence-corrected chi connectivity index (χ0v) is 15.4. The van der Waals surface area contributed by atoms with Crippen LogP contribution < -0.4 is 14.8 Å². The van der Waals surface area contributed by atoms with Crippen molar-refractivity contribution < 1.29 is 23.1 Å². The van der Waals surface area contributed by atoms with Gasteiger partial charge in [0, 0.05) is 5.56 Å². The Bertz CT molecular complexity index is 1030. The van der Waals surface area contributed by atoms with Gasteiger partial charge in [0.25, 0.3) is 5.91 Å². The van der Waals surface area contributed by atoms with Crippen molar-refractivity contribution in [2.75, 3.05) is 10.8 Å². The first-order valence-electron chi connectivity index (χ1n) is 8.22. The minimum Gasteiger partial charge on any atom is -0.506 e. The number of nitrogens with two attached hydrogens (primary N) is 1. The normalized spacial score (nSPS) is 15.6. The molecule has 9 heteroatoms. The quantitative estimate of drug-likeness (QED) is 0.695.